The van der Waals surface area contributed by atoms with Crippen molar-refractivity contribution in [3.8, 4) is 106 Å². The molecule has 136 heavy (non-hydrogen) atoms. The maximum atomic E-state index is 6.81. The minimum absolute atomic E-state index is 0.743. The van der Waals surface area contributed by atoms with Crippen LogP contribution < -0.4 is 0 Å². The smallest absolute Gasteiger partial charge is 0.0547 e. The average Bonchev–Trinajstić information content (AvgIpc) is 1.59. The predicted molar refractivity (Wildman–Crippen MR) is 592 cm³/mol. The maximum absolute atomic E-state index is 6.81. The van der Waals surface area contributed by atoms with Crippen LogP contribution in [-0.4, -0.2) is 13.7 Å². The Bertz CT molecular complexity index is 9660. The van der Waals surface area contributed by atoms with Gasteiger partial charge in [-0.15, -0.1) is 45.3 Å². The van der Waals surface area contributed by atoms with Gasteiger partial charge in [-0.05, 0) is 283 Å². The molecule has 0 aliphatic carbocycles. The lowest BCUT2D eigenvalue weighted by molar-refractivity contribution is 1.18. The van der Waals surface area contributed by atoms with E-state index in [0.717, 1.165) is 37.3 Å². The zero-order chi connectivity index (χ0) is 90.2. The molecule has 0 atom stereocenters. The monoisotopic (exact) mass is 1860 g/mol. The summed E-state index contributed by atoms with van der Waals surface area (Å²) in [6.07, 6.45) is 0. The standard InChI is InChI=1S/C48H28ClNS2.C42H26ClNS.C36H22ClNS/c49-35-23-33(30-17-21-46-41(26-30)39-11-5-7-13-45(39)51-46)22-34(24-35)32-15-19-40-42-25-29(16-20-47(42)52-48(40)28-32)31-14-18-38-37-10-4-6-12-43(37)50(44(38)27-31)36-8-2-1-3-9-36;43-33-22-31(27-9-3-1-4-10-27)21-32(23-33)30-16-19-37-38-24-28(17-20-41(38)45-42(37)26-30)29-15-18-36-35-13-7-8-14-39(35)44(40(36)25-29)34-11-5-2-6-12-34;37-27-15-10-23(11-16-27)26-13-18-31-32-20-24(14-19-35(32)39-36(31)22-26)25-12-17-30-29-8-4-5-9-33(29)38(34(30)21-25)28-6-2-1-3-7-28/h1-28H;1-26H;1-22H. The Hall–Kier alpha value is -15.2. The lowest BCUT2D eigenvalue weighted by atomic mass is 9.97. The van der Waals surface area contributed by atoms with E-state index in [2.05, 4.69) is 450 Å². The Morgan fingerprint density at radius 1 is 0.125 bits per heavy atom. The molecule has 0 fully saturated rings. The van der Waals surface area contributed by atoms with Gasteiger partial charge in [-0.25, -0.2) is 0 Å². The summed E-state index contributed by atoms with van der Waals surface area (Å²) in [6.45, 7) is 0. The summed E-state index contributed by atoms with van der Waals surface area (Å²) in [5.74, 6) is 0. The van der Waals surface area contributed by atoms with Crippen molar-refractivity contribution >= 4 is 226 Å². The van der Waals surface area contributed by atoms with Crippen LogP contribution >= 0.6 is 80.1 Å². The topological polar surface area (TPSA) is 14.8 Å². The fraction of sp³-hybridized carbons (Fsp3) is 0. The first-order chi connectivity index (χ1) is 67.1. The molecular formula is C126H76Cl3N3S4. The number of para-hydroxylation sites is 6. The third-order valence-corrected chi connectivity index (χ3v) is 32.2. The quantitative estimate of drug-likeness (QED) is 0.123. The second-order valence-electron chi connectivity index (χ2n) is 35.0. The third kappa shape index (κ3) is 14.5. The third-order valence-electron chi connectivity index (χ3n) is 26.9. The first kappa shape index (κ1) is 81.5. The lowest BCUT2D eigenvalue weighted by Gasteiger charge is -2.09. The molecule has 0 amide bonds. The van der Waals surface area contributed by atoms with Crippen molar-refractivity contribution in [2.75, 3.05) is 0 Å². The molecule has 0 spiro atoms. The number of thiophene rings is 4. The summed E-state index contributed by atoms with van der Waals surface area (Å²) in [5.41, 5.74) is 29.8. The molecule has 28 rings (SSSR count). The highest BCUT2D eigenvalue weighted by Crippen LogP contribution is 2.48. The molecule has 7 heterocycles. The van der Waals surface area contributed by atoms with E-state index in [4.69, 9.17) is 34.8 Å². The largest absolute Gasteiger partial charge is 0.309 e. The highest BCUT2D eigenvalue weighted by molar-refractivity contribution is 7.27. The minimum Gasteiger partial charge on any atom is -0.309 e. The molecule has 0 N–H and O–H groups in total. The van der Waals surface area contributed by atoms with Gasteiger partial charge in [0.2, 0.25) is 0 Å². The number of hydrogen-bond donors (Lipinski definition) is 0. The first-order valence-electron chi connectivity index (χ1n) is 45.6. The summed E-state index contributed by atoms with van der Waals surface area (Å²) in [5, 5.41) is 20.2. The number of nitrogens with zero attached hydrogens (tertiary/aromatic N) is 3. The van der Waals surface area contributed by atoms with Gasteiger partial charge in [0.15, 0.2) is 0 Å². The lowest BCUT2D eigenvalue weighted by Crippen LogP contribution is -1.93. The van der Waals surface area contributed by atoms with Gasteiger partial charge < -0.3 is 13.7 Å². The van der Waals surface area contributed by atoms with Crippen LogP contribution in [0.2, 0.25) is 15.1 Å². The van der Waals surface area contributed by atoms with Gasteiger partial charge in [0, 0.05) is 145 Å². The molecular weight excluding hydrogens is 1790 g/mol. The van der Waals surface area contributed by atoms with Gasteiger partial charge in [0.25, 0.3) is 0 Å². The molecule has 21 aromatic carbocycles. The molecule has 10 heteroatoms. The summed E-state index contributed by atoms with van der Waals surface area (Å²) < 4.78 is 17.5. The summed E-state index contributed by atoms with van der Waals surface area (Å²) in [6, 6.07) is 167. The molecule has 0 saturated heterocycles. The van der Waals surface area contributed by atoms with Crippen molar-refractivity contribution in [3.05, 3.63) is 476 Å². The van der Waals surface area contributed by atoms with Crippen molar-refractivity contribution in [2.24, 2.45) is 0 Å². The molecule has 3 nitrogen and oxygen atoms in total. The van der Waals surface area contributed by atoms with Crippen LogP contribution in [-0.2, 0) is 0 Å². The Kier molecular flexibility index (Phi) is 20.2. The molecule has 0 bridgehead atoms. The second kappa shape index (κ2) is 33.7. The van der Waals surface area contributed by atoms with E-state index in [1.54, 1.807) is 0 Å². The molecule has 0 radical (unpaired) electrons. The van der Waals surface area contributed by atoms with Crippen LogP contribution in [0.15, 0.2) is 461 Å². The minimum atomic E-state index is 0.743. The highest BCUT2D eigenvalue weighted by Gasteiger charge is 2.22. The van der Waals surface area contributed by atoms with E-state index in [1.807, 2.05) is 69.6 Å². The molecule has 0 unspecified atom stereocenters. The molecule has 0 aliphatic rings. The van der Waals surface area contributed by atoms with E-state index in [-0.39, 0.29) is 0 Å². The van der Waals surface area contributed by atoms with Crippen molar-refractivity contribution in [3.63, 3.8) is 0 Å². The predicted octanol–water partition coefficient (Wildman–Crippen LogP) is 39.1. The van der Waals surface area contributed by atoms with Crippen LogP contribution in [0.3, 0.4) is 0 Å². The number of hydrogen-bond acceptors (Lipinski definition) is 4. The maximum Gasteiger partial charge on any atom is 0.0547 e. The van der Waals surface area contributed by atoms with Crippen molar-refractivity contribution in [2.45, 2.75) is 0 Å². The fourth-order valence-corrected chi connectivity index (χ4v) is 25.5. The van der Waals surface area contributed by atoms with Gasteiger partial charge >= 0.3 is 0 Å². The molecule has 0 saturated carbocycles. The molecule has 28 aromatic rings. The molecule has 640 valence electrons. The van der Waals surface area contributed by atoms with Crippen molar-refractivity contribution in [1.29, 1.82) is 0 Å². The Balaban J connectivity index is 0.000000107. The van der Waals surface area contributed by atoms with E-state index < -0.39 is 0 Å². The van der Waals surface area contributed by atoms with Crippen LogP contribution in [0.4, 0.5) is 0 Å². The van der Waals surface area contributed by atoms with Crippen molar-refractivity contribution in [1.82, 2.24) is 13.7 Å². The number of halogens is 3. The Morgan fingerprint density at radius 2 is 0.353 bits per heavy atom. The van der Waals surface area contributed by atoms with E-state index in [9.17, 15) is 0 Å². The summed E-state index contributed by atoms with van der Waals surface area (Å²) in [7, 11) is 0. The molecule has 7 aromatic heterocycles. The van der Waals surface area contributed by atoms with Gasteiger partial charge in [0.1, 0.15) is 0 Å². The average molecular weight is 1870 g/mol. The molecule has 0 aliphatic heterocycles. The van der Waals surface area contributed by atoms with Crippen LogP contribution in [0.5, 0.6) is 0 Å². The first-order valence-corrected chi connectivity index (χ1v) is 50.0. The number of fused-ring (bicyclic) bond motifs is 21. The summed E-state index contributed by atoms with van der Waals surface area (Å²) in [4.78, 5) is 0. The van der Waals surface area contributed by atoms with Gasteiger partial charge in [-0.1, -0.05) is 302 Å². The number of rotatable bonds is 11. The number of aromatic nitrogens is 3. The normalized spacial score (nSPS) is 11.8. The highest BCUT2D eigenvalue weighted by atomic mass is 35.5. The van der Waals surface area contributed by atoms with Crippen LogP contribution in [0.25, 0.3) is 252 Å². The second-order valence-corrected chi connectivity index (χ2v) is 40.6. The van der Waals surface area contributed by atoms with E-state index in [0.29, 0.717) is 0 Å². The zero-order valence-corrected chi connectivity index (χ0v) is 78.5. The SMILES string of the molecule is Clc1cc(-c2ccc3c(c2)sc2ccc(-c4ccc5c6ccccc6n(-c6ccccc6)c5c4)cc23)cc(-c2ccc3sc4ccccc4c3c2)c1.Clc1cc(-c2ccccc2)cc(-c2ccc3c(c2)sc2ccc(-c4ccc5c6ccccc6n(-c6ccccc6)c5c4)cc23)c1.Clc1ccc(-c2ccc3c(c2)sc2ccc(-c4ccc5c6ccccc6n(-c6ccccc6)c5c4)cc23)cc1. The Morgan fingerprint density at radius 3 is 0.713 bits per heavy atom. The number of benzene rings is 21. The van der Waals surface area contributed by atoms with E-state index in [1.165, 1.54) is 230 Å². The zero-order valence-electron chi connectivity index (χ0n) is 73.0. The van der Waals surface area contributed by atoms with Gasteiger partial charge in [-0.3, -0.25) is 0 Å². The fourth-order valence-electron chi connectivity index (χ4n) is 20.4. The van der Waals surface area contributed by atoms with Gasteiger partial charge in [-0.2, -0.15) is 0 Å². The van der Waals surface area contributed by atoms with E-state index >= 15 is 0 Å². The van der Waals surface area contributed by atoms with Crippen LogP contribution in [0, 0.1) is 0 Å². The van der Waals surface area contributed by atoms with Crippen LogP contribution in [0.1, 0.15) is 0 Å². The summed E-state index contributed by atoms with van der Waals surface area (Å²) >= 11 is 26.9. The Labute approximate surface area is 814 Å². The van der Waals surface area contributed by atoms with Gasteiger partial charge in [0.05, 0.1) is 33.1 Å². The van der Waals surface area contributed by atoms with Crippen molar-refractivity contribution < 1.29 is 0 Å².